The molecule has 0 saturated carbocycles. The fourth-order valence-corrected chi connectivity index (χ4v) is 3.12. The van der Waals surface area contributed by atoms with Crippen molar-refractivity contribution in [3.05, 3.63) is 34.5 Å². The van der Waals surface area contributed by atoms with Crippen molar-refractivity contribution >= 4 is 22.5 Å². The van der Waals surface area contributed by atoms with Crippen LogP contribution in [0.2, 0.25) is 5.02 Å². The summed E-state index contributed by atoms with van der Waals surface area (Å²) in [7, 11) is 0. The van der Waals surface area contributed by atoms with Gasteiger partial charge in [-0.15, -0.1) is 0 Å². The molecule has 0 spiro atoms. The van der Waals surface area contributed by atoms with Gasteiger partial charge in [0.05, 0.1) is 0 Å². The van der Waals surface area contributed by atoms with E-state index in [1.54, 1.807) is 0 Å². The zero-order valence-corrected chi connectivity index (χ0v) is 10.8. The molecule has 1 atom stereocenters. The maximum absolute atomic E-state index is 6.11. The van der Waals surface area contributed by atoms with E-state index >= 15 is 0 Å². The lowest BCUT2D eigenvalue weighted by Crippen LogP contribution is -2.18. The van der Waals surface area contributed by atoms with Crippen molar-refractivity contribution in [1.29, 1.82) is 0 Å². The highest BCUT2D eigenvalue weighted by molar-refractivity contribution is 6.31. The summed E-state index contributed by atoms with van der Waals surface area (Å²) in [5.41, 5.74) is 10.2. The fraction of sp³-hybridized carbons (Fsp3) is 0.429. The first-order valence-corrected chi connectivity index (χ1v) is 6.59. The predicted octanol–water partition coefficient (Wildman–Crippen LogP) is 3.13. The quantitative estimate of drug-likeness (QED) is 0.870. The van der Waals surface area contributed by atoms with Gasteiger partial charge in [-0.1, -0.05) is 11.6 Å². The Labute approximate surface area is 106 Å². The minimum Gasteiger partial charge on any atom is -0.344 e. The molecule has 3 heteroatoms. The first-order chi connectivity index (χ1) is 8.16. The lowest BCUT2D eigenvalue weighted by molar-refractivity contribution is 0.733. The van der Waals surface area contributed by atoms with Crippen molar-refractivity contribution < 1.29 is 0 Å². The number of nitrogens with two attached hydrogens (primary N) is 1. The zero-order valence-electron chi connectivity index (χ0n) is 10.0. The predicted molar refractivity (Wildman–Crippen MR) is 72.6 cm³/mol. The largest absolute Gasteiger partial charge is 0.344 e. The van der Waals surface area contributed by atoms with Gasteiger partial charge in [-0.05, 0) is 49.9 Å². The number of benzene rings is 1. The Hall–Kier alpha value is -0.990. The molecule has 0 radical (unpaired) electrons. The molecular formula is C14H17ClN2. The van der Waals surface area contributed by atoms with Crippen LogP contribution in [0.5, 0.6) is 0 Å². The molecule has 17 heavy (non-hydrogen) atoms. The third-order valence-electron chi connectivity index (χ3n) is 3.57. The molecule has 0 amide bonds. The van der Waals surface area contributed by atoms with Gasteiger partial charge in [-0.2, -0.15) is 0 Å². The number of fused-ring (bicyclic) bond motifs is 3. The molecule has 2 N–H and O–H groups in total. The number of rotatable bonds is 2. The summed E-state index contributed by atoms with van der Waals surface area (Å²) in [5.74, 6) is 0. The highest BCUT2D eigenvalue weighted by Crippen LogP contribution is 2.33. The van der Waals surface area contributed by atoms with Gasteiger partial charge in [0.2, 0.25) is 0 Å². The maximum Gasteiger partial charge on any atom is 0.0486 e. The van der Waals surface area contributed by atoms with Gasteiger partial charge in [0.1, 0.15) is 0 Å². The van der Waals surface area contributed by atoms with Crippen LogP contribution in [-0.4, -0.2) is 10.6 Å². The van der Waals surface area contributed by atoms with Gasteiger partial charge in [0, 0.05) is 34.2 Å². The van der Waals surface area contributed by atoms with Crippen molar-refractivity contribution in [3.8, 4) is 0 Å². The molecule has 0 aliphatic carbocycles. The molecule has 1 aromatic heterocycles. The Bertz CT molecular complexity index is 569. The second kappa shape index (κ2) is 4.04. The molecule has 0 bridgehead atoms. The first kappa shape index (κ1) is 11.1. The van der Waals surface area contributed by atoms with Gasteiger partial charge in [0.15, 0.2) is 0 Å². The maximum atomic E-state index is 6.11. The van der Waals surface area contributed by atoms with Crippen LogP contribution in [0.1, 0.15) is 24.6 Å². The molecular weight excluding hydrogens is 232 g/mol. The Kier molecular flexibility index (Phi) is 2.64. The molecule has 2 nitrogen and oxygen atoms in total. The summed E-state index contributed by atoms with van der Waals surface area (Å²) in [6.45, 7) is 3.20. The summed E-state index contributed by atoms with van der Waals surface area (Å²) in [6.07, 6.45) is 3.37. The monoisotopic (exact) mass is 248 g/mol. The Morgan fingerprint density at radius 3 is 3.06 bits per heavy atom. The molecule has 1 aliphatic heterocycles. The van der Waals surface area contributed by atoms with Crippen molar-refractivity contribution in [1.82, 2.24) is 4.57 Å². The number of hydrogen-bond acceptors (Lipinski definition) is 1. The molecule has 1 aromatic carbocycles. The van der Waals surface area contributed by atoms with Crippen LogP contribution in [0.15, 0.2) is 18.2 Å². The molecule has 90 valence electrons. The van der Waals surface area contributed by atoms with Gasteiger partial charge in [0.25, 0.3) is 0 Å². The van der Waals surface area contributed by atoms with Crippen molar-refractivity contribution in [3.63, 3.8) is 0 Å². The van der Waals surface area contributed by atoms with Crippen LogP contribution < -0.4 is 5.73 Å². The Morgan fingerprint density at radius 2 is 2.29 bits per heavy atom. The molecule has 0 saturated heterocycles. The minimum atomic E-state index is 0.199. The van der Waals surface area contributed by atoms with Crippen LogP contribution in [0.25, 0.3) is 10.9 Å². The summed E-state index contributed by atoms with van der Waals surface area (Å²) >= 11 is 6.11. The SMILES string of the molecule is C[C@@H](N)Cc1c2n(c3ccc(Cl)cc13)CCC2. The summed E-state index contributed by atoms with van der Waals surface area (Å²) < 4.78 is 2.43. The van der Waals surface area contributed by atoms with E-state index in [0.717, 1.165) is 18.0 Å². The number of aryl methyl sites for hydroxylation is 1. The van der Waals surface area contributed by atoms with E-state index in [4.69, 9.17) is 17.3 Å². The van der Waals surface area contributed by atoms with Crippen LogP contribution in [-0.2, 0) is 19.4 Å². The second-order valence-electron chi connectivity index (χ2n) is 5.02. The normalized spacial score (nSPS) is 16.4. The highest BCUT2D eigenvalue weighted by atomic mass is 35.5. The summed E-state index contributed by atoms with van der Waals surface area (Å²) in [4.78, 5) is 0. The van der Waals surface area contributed by atoms with Gasteiger partial charge >= 0.3 is 0 Å². The van der Waals surface area contributed by atoms with Crippen LogP contribution in [0.4, 0.5) is 0 Å². The van der Waals surface area contributed by atoms with Gasteiger partial charge in [-0.25, -0.2) is 0 Å². The van der Waals surface area contributed by atoms with Crippen molar-refractivity contribution in [2.75, 3.05) is 0 Å². The lowest BCUT2D eigenvalue weighted by atomic mass is 10.0. The molecule has 0 unspecified atom stereocenters. The molecule has 2 aromatic rings. The third kappa shape index (κ3) is 1.76. The topological polar surface area (TPSA) is 30.9 Å². The van der Waals surface area contributed by atoms with E-state index < -0.39 is 0 Å². The van der Waals surface area contributed by atoms with E-state index in [-0.39, 0.29) is 6.04 Å². The van der Waals surface area contributed by atoms with E-state index in [9.17, 15) is 0 Å². The number of nitrogens with zero attached hydrogens (tertiary/aromatic N) is 1. The highest BCUT2D eigenvalue weighted by Gasteiger charge is 2.21. The zero-order chi connectivity index (χ0) is 12.0. The molecule has 0 fully saturated rings. The average molecular weight is 249 g/mol. The number of aromatic nitrogens is 1. The fourth-order valence-electron chi connectivity index (χ4n) is 2.94. The summed E-state index contributed by atoms with van der Waals surface area (Å²) in [6, 6.07) is 6.40. The minimum absolute atomic E-state index is 0.199. The van der Waals surface area contributed by atoms with E-state index in [1.807, 2.05) is 6.07 Å². The third-order valence-corrected chi connectivity index (χ3v) is 3.81. The van der Waals surface area contributed by atoms with E-state index in [0.29, 0.717) is 0 Å². The van der Waals surface area contributed by atoms with Crippen LogP contribution in [0, 0.1) is 0 Å². The summed E-state index contributed by atoms with van der Waals surface area (Å²) in [5, 5.41) is 2.11. The average Bonchev–Trinajstić information content (AvgIpc) is 2.82. The molecule has 2 heterocycles. The van der Waals surface area contributed by atoms with E-state index in [1.165, 1.54) is 35.0 Å². The molecule has 1 aliphatic rings. The van der Waals surface area contributed by atoms with Crippen molar-refractivity contribution in [2.45, 2.75) is 38.8 Å². The lowest BCUT2D eigenvalue weighted by Gasteiger charge is -2.06. The van der Waals surface area contributed by atoms with Crippen LogP contribution in [0.3, 0.4) is 0 Å². The number of halogens is 1. The second-order valence-corrected chi connectivity index (χ2v) is 5.46. The number of hydrogen-bond donors (Lipinski definition) is 1. The van der Waals surface area contributed by atoms with E-state index in [2.05, 4.69) is 23.6 Å². The first-order valence-electron chi connectivity index (χ1n) is 6.22. The Morgan fingerprint density at radius 1 is 1.47 bits per heavy atom. The smallest absolute Gasteiger partial charge is 0.0486 e. The van der Waals surface area contributed by atoms with Crippen LogP contribution >= 0.6 is 11.6 Å². The van der Waals surface area contributed by atoms with Crippen molar-refractivity contribution in [2.24, 2.45) is 5.73 Å². The molecule has 3 rings (SSSR count). The standard InChI is InChI=1S/C14H17ClN2/c1-9(16)7-11-12-8-10(15)4-5-14(12)17-6-2-3-13(11)17/h4-5,8-9H,2-3,6-7,16H2,1H3/t9-/m1/s1. The van der Waals surface area contributed by atoms with Gasteiger partial charge < -0.3 is 10.3 Å². The van der Waals surface area contributed by atoms with Gasteiger partial charge in [-0.3, -0.25) is 0 Å². The Balaban J connectivity index is 2.26.